The summed E-state index contributed by atoms with van der Waals surface area (Å²) in [7, 11) is 0. The van der Waals surface area contributed by atoms with Crippen molar-refractivity contribution in [2.24, 2.45) is 0 Å². The van der Waals surface area contributed by atoms with E-state index in [0.717, 1.165) is 11.8 Å². The molecule has 1 unspecified atom stereocenters. The summed E-state index contributed by atoms with van der Waals surface area (Å²) in [4.78, 5) is 32.7. The van der Waals surface area contributed by atoms with Crippen molar-refractivity contribution < 1.29 is 19.5 Å². The zero-order valence-electron chi connectivity index (χ0n) is 10.6. The molecule has 0 aliphatic heterocycles. The van der Waals surface area contributed by atoms with Crippen molar-refractivity contribution >= 4 is 58.9 Å². The van der Waals surface area contributed by atoms with E-state index in [1.54, 1.807) is 12.1 Å². The molecule has 0 aliphatic carbocycles. The van der Waals surface area contributed by atoms with Crippen molar-refractivity contribution in [3.05, 3.63) is 28.2 Å². The fourth-order valence-corrected chi connectivity index (χ4v) is 2.46. The van der Waals surface area contributed by atoms with Gasteiger partial charge < -0.3 is 15.7 Å². The highest BCUT2D eigenvalue weighted by Crippen LogP contribution is 2.25. The summed E-state index contributed by atoms with van der Waals surface area (Å²) in [5.74, 6) is -1.33. The lowest BCUT2D eigenvalue weighted by Gasteiger charge is -2.10. The highest BCUT2D eigenvalue weighted by Gasteiger charge is 2.16. The quantitative estimate of drug-likeness (QED) is 0.622. The van der Waals surface area contributed by atoms with Crippen molar-refractivity contribution in [3.8, 4) is 0 Å². The number of carboxylic acid groups (broad SMARTS) is 1. The molecule has 1 aromatic rings. The van der Waals surface area contributed by atoms with E-state index < -0.39 is 12.0 Å². The molecular weight excluding hydrogens is 339 g/mol. The number of halogens is 2. The number of hydrogen-bond donors (Lipinski definition) is 3. The van der Waals surface area contributed by atoms with E-state index in [1.165, 1.54) is 6.07 Å². The van der Waals surface area contributed by atoms with Crippen LogP contribution in [0.3, 0.4) is 0 Å². The second-order valence-corrected chi connectivity index (χ2v) is 5.71. The monoisotopic (exact) mass is 350 g/mol. The van der Waals surface area contributed by atoms with Gasteiger partial charge in [0.25, 0.3) is 0 Å². The second kappa shape index (κ2) is 8.76. The Balaban J connectivity index is 2.41. The third-order valence-corrected chi connectivity index (χ3v) is 4.06. The third kappa shape index (κ3) is 6.24. The maximum absolute atomic E-state index is 11.7. The minimum absolute atomic E-state index is 0.0462. The van der Waals surface area contributed by atoms with Gasteiger partial charge in [-0.1, -0.05) is 23.2 Å². The Hall–Kier alpha value is -1.44. The first-order valence-electron chi connectivity index (χ1n) is 5.69. The first-order chi connectivity index (χ1) is 9.93. The molecule has 0 radical (unpaired) electrons. The van der Waals surface area contributed by atoms with E-state index in [2.05, 4.69) is 10.6 Å². The van der Waals surface area contributed by atoms with Crippen LogP contribution >= 0.6 is 35.0 Å². The van der Waals surface area contributed by atoms with E-state index in [4.69, 9.17) is 28.3 Å². The number of thioether (sulfide) groups is 1. The average molecular weight is 351 g/mol. The van der Waals surface area contributed by atoms with Crippen molar-refractivity contribution in [1.29, 1.82) is 0 Å². The van der Waals surface area contributed by atoms with Gasteiger partial charge in [0.2, 0.25) is 12.3 Å². The average Bonchev–Trinajstić information content (AvgIpc) is 2.42. The number of anilines is 1. The van der Waals surface area contributed by atoms with Gasteiger partial charge >= 0.3 is 5.97 Å². The number of amides is 2. The van der Waals surface area contributed by atoms with Crippen LogP contribution < -0.4 is 10.6 Å². The van der Waals surface area contributed by atoms with Gasteiger partial charge in [-0.25, -0.2) is 4.79 Å². The smallest absolute Gasteiger partial charge is 0.327 e. The molecule has 6 nitrogen and oxygen atoms in total. The molecule has 9 heteroatoms. The van der Waals surface area contributed by atoms with Gasteiger partial charge in [0, 0.05) is 11.4 Å². The molecule has 0 bridgehead atoms. The Kier molecular flexibility index (Phi) is 7.35. The molecule has 2 amide bonds. The largest absolute Gasteiger partial charge is 0.480 e. The van der Waals surface area contributed by atoms with Crippen molar-refractivity contribution in [2.45, 2.75) is 6.04 Å². The zero-order valence-corrected chi connectivity index (χ0v) is 13.0. The van der Waals surface area contributed by atoms with E-state index in [1.807, 2.05) is 0 Å². The Bertz CT molecular complexity index is 542. The Morgan fingerprint density at radius 1 is 1.33 bits per heavy atom. The molecule has 3 N–H and O–H groups in total. The number of carbonyl (C=O) groups is 3. The number of carboxylic acids is 1. The second-order valence-electron chi connectivity index (χ2n) is 3.87. The SMILES string of the molecule is O=CNC(CSCC(=O)Nc1ccc(Cl)c(Cl)c1)C(=O)O. The number of benzene rings is 1. The van der Waals surface area contributed by atoms with Gasteiger partial charge in [-0.3, -0.25) is 9.59 Å². The number of carbonyl (C=O) groups excluding carboxylic acids is 2. The molecule has 21 heavy (non-hydrogen) atoms. The number of hydrogen-bond acceptors (Lipinski definition) is 4. The fraction of sp³-hybridized carbons (Fsp3) is 0.250. The van der Waals surface area contributed by atoms with Crippen LogP contribution in [0.2, 0.25) is 10.0 Å². The van der Waals surface area contributed by atoms with E-state index >= 15 is 0 Å². The highest BCUT2D eigenvalue weighted by atomic mass is 35.5. The molecule has 0 spiro atoms. The lowest BCUT2D eigenvalue weighted by atomic mass is 10.3. The predicted octanol–water partition coefficient (Wildman–Crippen LogP) is 1.86. The molecule has 1 atom stereocenters. The zero-order chi connectivity index (χ0) is 15.8. The Labute approximate surface area is 135 Å². The van der Waals surface area contributed by atoms with Crippen LogP contribution in [-0.2, 0) is 14.4 Å². The normalized spacial score (nSPS) is 11.5. The molecule has 0 saturated heterocycles. The van der Waals surface area contributed by atoms with Gasteiger partial charge in [0.15, 0.2) is 0 Å². The number of nitrogens with one attached hydrogen (secondary N) is 2. The molecule has 0 heterocycles. The van der Waals surface area contributed by atoms with Gasteiger partial charge in [-0.2, -0.15) is 0 Å². The number of rotatable bonds is 8. The van der Waals surface area contributed by atoms with Crippen LogP contribution in [-0.4, -0.2) is 40.9 Å². The molecule has 0 saturated carbocycles. The van der Waals surface area contributed by atoms with E-state index in [0.29, 0.717) is 22.1 Å². The maximum Gasteiger partial charge on any atom is 0.327 e. The summed E-state index contributed by atoms with van der Waals surface area (Å²) in [6.07, 6.45) is 0.315. The molecule has 0 aliphatic rings. The Morgan fingerprint density at radius 2 is 2.05 bits per heavy atom. The van der Waals surface area contributed by atoms with Crippen LogP contribution in [0.1, 0.15) is 0 Å². The maximum atomic E-state index is 11.7. The molecular formula is C12H12Cl2N2O4S. The van der Waals surface area contributed by atoms with Crippen LogP contribution in [0.15, 0.2) is 18.2 Å². The van der Waals surface area contributed by atoms with E-state index in [-0.39, 0.29) is 17.4 Å². The molecule has 0 aromatic heterocycles. The van der Waals surface area contributed by atoms with E-state index in [9.17, 15) is 14.4 Å². The van der Waals surface area contributed by atoms with Crippen molar-refractivity contribution in [3.63, 3.8) is 0 Å². The third-order valence-electron chi connectivity index (χ3n) is 2.29. The molecule has 1 rings (SSSR count). The Morgan fingerprint density at radius 3 is 2.62 bits per heavy atom. The highest BCUT2D eigenvalue weighted by molar-refractivity contribution is 8.00. The van der Waals surface area contributed by atoms with Crippen LogP contribution in [0, 0.1) is 0 Å². The van der Waals surface area contributed by atoms with Gasteiger partial charge in [-0.05, 0) is 18.2 Å². The molecule has 114 valence electrons. The summed E-state index contributed by atoms with van der Waals surface area (Å²) >= 11 is 12.7. The van der Waals surface area contributed by atoms with Gasteiger partial charge in [-0.15, -0.1) is 11.8 Å². The standard InChI is InChI=1S/C12H12Cl2N2O4S/c13-8-2-1-7(3-9(8)14)16-11(18)5-21-4-10(12(19)20)15-6-17/h1-3,6,10H,4-5H2,(H,15,17)(H,16,18)(H,19,20). The van der Waals surface area contributed by atoms with Gasteiger partial charge in [0.1, 0.15) is 6.04 Å². The topological polar surface area (TPSA) is 95.5 Å². The van der Waals surface area contributed by atoms with Crippen LogP contribution in [0.25, 0.3) is 0 Å². The summed E-state index contributed by atoms with van der Waals surface area (Å²) in [6.45, 7) is 0. The first kappa shape index (κ1) is 17.6. The van der Waals surface area contributed by atoms with Crippen LogP contribution in [0.5, 0.6) is 0 Å². The van der Waals surface area contributed by atoms with Crippen molar-refractivity contribution in [2.75, 3.05) is 16.8 Å². The minimum Gasteiger partial charge on any atom is -0.480 e. The predicted molar refractivity (Wildman–Crippen MR) is 83.0 cm³/mol. The lowest BCUT2D eigenvalue weighted by Crippen LogP contribution is -2.38. The van der Waals surface area contributed by atoms with Crippen LogP contribution in [0.4, 0.5) is 5.69 Å². The molecule has 0 fully saturated rings. The summed E-state index contributed by atoms with van der Waals surface area (Å²) in [5, 5.41) is 14.3. The number of aliphatic carboxylic acids is 1. The summed E-state index contributed by atoms with van der Waals surface area (Å²) in [5.41, 5.74) is 0.496. The fourth-order valence-electron chi connectivity index (χ4n) is 1.31. The van der Waals surface area contributed by atoms with Crippen molar-refractivity contribution in [1.82, 2.24) is 5.32 Å². The lowest BCUT2D eigenvalue weighted by molar-refractivity contribution is -0.139. The summed E-state index contributed by atoms with van der Waals surface area (Å²) in [6, 6.07) is 3.65. The summed E-state index contributed by atoms with van der Waals surface area (Å²) < 4.78 is 0. The molecule has 1 aromatic carbocycles. The van der Waals surface area contributed by atoms with Gasteiger partial charge in [0.05, 0.1) is 15.8 Å². The minimum atomic E-state index is -1.15. The first-order valence-corrected chi connectivity index (χ1v) is 7.60.